The molecule has 1 aromatic heterocycles. The molecule has 0 spiro atoms. The molecule has 0 aliphatic rings. The van der Waals surface area contributed by atoms with Gasteiger partial charge in [0.2, 0.25) is 0 Å². The van der Waals surface area contributed by atoms with Crippen molar-refractivity contribution < 1.29 is 4.79 Å². The predicted octanol–water partition coefficient (Wildman–Crippen LogP) is 4.52. The molecule has 0 saturated carbocycles. The van der Waals surface area contributed by atoms with E-state index in [1.54, 1.807) is 0 Å². The van der Waals surface area contributed by atoms with Crippen LogP contribution in [0.1, 0.15) is 38.4 Å². The summed E-state index contributed by atoms with van der Waals surface area (Å²) >= 11 is 1.82. The first-order valence-corrected chi connectivity index (χ1v) is 10.7. The second-order valence-electron chi connectivity index (χ2n) is 6.98. The molecule has 0 radical (unpaired) electrons. The Kier molecular flexibility index (Phi) is 6.93. The summed E-state index contributed by atoms with van der Waals surface area (Å²) in [5, 5.41) is 7.62. The number of benzene rings is 2. The van der Waals surface area contributed by atoms with E-state index in [1.165, 1.54) is 16.7 Å². The van der Waals surface area contributed by atoms with E-state index in [4.69, 9.17) is 0 Å². The Balaban J connectivity index is 1.53. The summed E-state index contributed by atoms with van der Waals surface area (Å²) in [6, 6.07) is 18.8. The van der Waals surface area contributed by atoms with Crippen LogP contribution >= 0.6 is 11.8 Å². The molecule has 4 nitrogen and oxygen atoms in total. The maximum absolute atomic E-state index is 12.7. The number of carbonyl (C=O) groups is 1. The molecule has 3 rings (SSSR count). The van der Waals surface area contributed by atoms with E-state index >= 15 is 0 Å². The number of thioether (sulfide) groups is 1. The highest BCUT2D eigenvalue weighted by Crippen LogP contribution is 2.16. The maximum Gasteiger partial charge on any atom is 0.255 e. The van der Waals surface area contributed by atoms with Crippen molar-refractivity contribution in [3.8, 4) is 0 Å². The normalized spacial score (nSPS) is 10.8. The van der Waals surface area contributed by atoms with Crippen LogP contribution in [0.15, 0.2) is 54.6 Å². The second kappa shape index (κ2) is 9.60. The van der Waals surface area contributed by atoms with Gasteiger partial charge in [-0.05, 0) is 31.9 Å². The molecule has 28 heavy (non-hydrogen) atoms. The number of aryl methyl sites for hydroxylation is 2. The fourth-order valence-electron chi connectivity index (χ4n) is 3.14. The van der Waals surface area contributed by atoms with Gasteiger partial charge in [-0.1, -0.05) is 60.2 Å². The van der Waals surface area contributed by atoms with E-state index in [1.807, 2.05) is 36.4 Å². The second-order valence-corrected chi connectivity index (χ2v) is 8.09. The number of carbonyl (C=O) groups excluding carboxylic acids is 1. The van der Waals surface area contributed by atoms with Gasteiger partial charge in [0.1, 0.15) is 0 Å². The molecule has 0 aliphatic heterocycles. The molecule has 1 N–H and O–H groups in total. The van der Waals surface area contributed by atoms with E-state index in [-0.39, 0.29) is 5.91 Å². The third-order valence-corrected chi connectivity index (χ3v) is 5.74. The van der Waals surface area contributed by atoms with Crippen LogP contribution in [0, 0.1) is 20.8 Å². The molecule has 0 unspecified atom stereocenters. The zero-order chi connectivity index (χ0) is 19.9. The van der Waals surface area contributed by atoms with Gasteiger partial charge in [0, 0.05) is 23.7 Å². The Morgan fingerprint density at radius 1 is 1.00 bits per heavy atom. The third kappa shape index (κ3) is 5.26. The molecule has 0 bridgehead atoms. The van der Waals surface area contributed by atoms with Crippen LogP contribution in [0.4, 0.5) is 0 Å². The predicted molar refractivity (Wildman–Crippen MR) is 117 cm³/mol. The largest absolute Gasteiger partial charge is 0.351 e. The zero-order valence-electron chi connectivity index (χ0n) is 16.7. The van der Waals surface area contributed by atoms with Crippen molar-refractivity contribution in [1.82, 2.24) is 15.1 Å². The van der Waals surface area contributed by atoms with Crippen LogP contribution in [0.5, 0.6) is 0 Å². The molecule has 1 amide bonds. The molecule has 0 saturated heterocycles. The first kappa shape index (κ1) is 20.2. The van der Waals surface area contributed by atoms with Crippen molar-refractivity contribution in [3.63, 3.8) is 0 Å². The summed E-state index contributed by atoms with van der Waals surface area (Å²) in [5.41, 5.74) is 6.11. The number of nitrogens with one attached hydrogen (secondary N) is 1. The molecule has 1 heterocycles. The van der Waals surface area contributed by atoms with Crippen molar-refractivity contribution in [3.05, 3.63) is 88.2 Å². The van der Waals surface area contributed by atoms with E-state index in [9.17, 15) is 4.79 Å². The summed E-state index contributed by atoms with van der Waals surface area (Å²) in [6.07, 6.45) is 0. The van der Waals surface area contributed by atoms with Gasteiger partial charge in [-0.3, -0.25) is 9.48 Å². The Hall–Kier alpha value is -2.53. The lowest BCUT2D eigenvalue weighted by Crippen LogP contribution is -2.26. The molecular weight excluding hydrogens is 366 g/mol. The molecule has 0 atom stereocenters. The van der Waals surface area contributed by atoms with Gasteiger partial charge in [0.05, 0.1) is 17.8 Å². The summed E-state index contributed by atoms with van der Waals surface area (Å²) < 4.78 is 1.92. The minimum atomic E-state index is -0.0366. The van der Waals surface area contributed by atoms with E-state index in [2.05, 4.69) is 65.9 Å². The SMILES string of the molecule is Cc1ccc(Cn2nc(C)c(C(=O)NCCSCc3ccccc3)c2C)cc1. The number of rotatable bonds is 8. The monoisotopic (exact) mass is 393 g/mol. The molecule has 5 heteroatoms. The molecular formula is C23H27N3OS. The van der Waals surface area contributed by atoms with Gasteiger partial charge in [0.25, 0.3) is 5.91 Å². The Bertz CT molecular complexity index is 917. The highest BCUT2D eigenvalue weighted by Gasteiger charge is 2.18. The van der Waals surface area contributed by atoms with Gasteiger partial charge in [-0.15, -0.1) is 0 Å². The molecule has 0 aliphatic carbocycles. The van der Waals surface area contributed by atoms with Gasteiger partial charge < -0.3 is 5.32 Å². The summed E-state index contributed by atoms with van der Waals surface area (Å²) in [7, 11) is 0. The summed E-state index contributed by atoms with van der Waals surface area (Å²) in [5.74, 6) is 1.81. The number of amides is 1. The standard InChI is InChI=1S/C23H27N3OS/c1-17-9-11-20(12-10-17)15-26-19(3)22(18(2)25-26)23(27)24-13-14-28-16-21-7-5-4-6-8-21/h4-12H,13-16H2,1-3H3,(H,24,27). The van der Waals surface area contributed by atoms with Gasteiger partial charge in [0.15, 0.2) is 0 Å². The average Bonchev–Trinajstić information content (AvgIpc) is 2.97. The van der Waals surface area contributed by atoms with E-state index in [0.717, 1.165) is 22.9 Å². The topological polar surface area (TPSA) is 46.9 Å². The highest BCUT2D eigenvalue weighted by atomic mass is 32.2. The summed E-state index contributed by atoms with van der Waals surface area (Å²) in [6.45, 7) is 7.27. The lowest BCUT2D eigenvalue weighted by Gasteiger charge is -2.07. The average molecular weight is 394 g/mol. The number of aromatic nitrogens is 2. The summed E-state index contributed by atoms with van der Waals surface area (Å²) in [4.78, 5) is 12.7. The Morgan fingerprint density at radius 2 is 1.71 bits per heavy atom. The van der Waals surface area contributed by atoms with E-state index in [0.29, 0.717) is 18.7 Å². The molecule has 146 valence electrons. The third-order valence-electron chi connectivity index (χ3n) is 4.71. The van der Waals surface area contributed by atoms with Crippen molar-refractivity contribution in [2.24, 2.45) is 0 Å². The Labute approximate surface area is 171 Å². The van der Waals surface area contributed by atoms with Gasteiger partial charge in [-0.25, -0.2) is 0 Å². The minimum Gasteiger partial charge on any atom is -0.351 e. The van der Waals surface area contributed by atoms with Gasteiger partial charge in [-0.2, -0.15) is 16.9 Å². The zero-order valence-corrected chi connectivity index (χ0v) is 17.6. The van der Waals surface area contributed by atoms with Gasteiger partial charge >= 0.3 is 0 Å². The number of hydrogen-bond acceptors (Lipinski definition) is 3. The number of nitrogens with zero attached hydrogens (tertiary/aromatic N) is 2. The lowest BCUT2D eigenvalue weighted by atomic mass is 10.1. The first-order valence-electron chi connectivity index (χ1n) is 9.54. The maximum atomic E-state index is 12.7. The quantitative estimate of drug-likeness (QED) is 0.573. The van der Waals surface area contributed by atoms with Crippen LogP contribution in [0.3, 0.4) is 0 Å². The number of hydrogen-bond donors (Lipinski definition) is 1. The molecule has 3 aromatic rings. The van der Waals surface area contributed by atoms with Crippen LogP contribution in [-0.4, -0.2) is 28.0 Å². The molecule has 0 fully saturated rings. The van der Waals surface area contributed by atoms with Crippen molar-refractivity contribution >= 4 is 17.7 Å². The van der Waals surface area contributed by atoms with Crippen molar-refractivity contribution in [1.29, 1.82) is 0 Å². The minimum absolute atomic E-state index is 0.0366. The fourth-order valence-corrected chi connectivity index (χ4v) is 3.95. The van der Waals surface area contributed by atoms with Crippen LogP contribution in [-0.2, 0) is 12.3 Å². The first-order chi connectivity index (χ1) is 13.5. The van der Waals surface area contributed by atoms with E-state index < -0.39 is 0 Å². The van der Waals surface area contributed by atoms with Crippen molar-refractivity contribution in [2.75, 3.05) is 12.3 Å². The van der Waals surface area contributed by atoms with Crippen LogP contribution in [0.2, 0.25) is 0 Å². The van der Waals surface area contributed by atoms with Crippen LogP contribution in [0.25, 0.3) is 0 Å². The fraction of sp³-hybridized carbons (Fsp3) is 0.304. The van der Waals surface area contributed by atoms with Crippen molar-refractivity contribution in [2.45, 2.75) is 33.1 Å². The lowest BCUT2D eigenvalue weighted by molar-refractivity contribution is 0.0955. The molecule has 2 aromatic carbocycles. The van der Waals surface area contributed by atoms with Crippen LogP contribution < -0.4 is 5.32 Å². The highest BCUT2D eigenvalue weighted by molar-refractivity contribution is 7.98. The Morgan fingerprint density at radius 3 is 2.43 bits per heavy atom. The smallest absolute Gasteiger partial charge is 0.255 e.